The van der Waals surface area contributed by atoms with E-state index in [0.717, 1.165) is 11.8 Å². The third-order valence-corrected chi connectivity index (χ3v) is 4.30. The van der Waals surface area contributed by atoms with Gasteiger partial charge in [0.2, 0.25) is 0 Å². The van der Waals surface area contributed by atoms with Crippen LogP contribution in [0.25, 0.3) is 0 Å². The highest BCUT2D eigenvalue weighted by Gasteiger charge is 2.44. The van der Waals surface area contributed by atoms with Gasteiger partial charge < -0.3 is 10.1 Å². The molecule has 0 aromatic carbocycles. The molecule has 2 heteroatoms. The van der Waals surface area contributed by atoms with Gasteiger partial charge in [0.05, 0.1) is 12.2 Å². The van der Waals surface area contributed by atoms with E-state index in [4.69, 9.17) is 4.74 Å². The second kappa shape index (κ2) is 4.84. The first-order chi connectivity index (χ1) is 7.26. The number of fused-ring (bicyclic) bond motifs is 2. The molecule has 0 aromatic heterocycles. The topological polar surface area (TPSA) is 21.3 Å². The highest BCUT2D eigenvalue weighted by atomic mass is 16.5. The van der Waals surface area contributed by atoms with Crippen molar-refractivity contribution >= 4 is 0 Å². The number of hydrogen-bond acceptors (Lipinski definition) is 2. The Morgan fingerprint density at radius 3 is 2.67 bits per heavy atom. The summed E-state index contributed by atoms with van der Waals surface area (Å²) in [6, 6.07) is 0.667. The number of hydrogen-bond donors (Lipinski definition) is 1. The predicted molar refractivity (Wildman–Crippen MR) is 62.9 cm³/mol. The van der Waals surface area contributed by atoms with Crippen LogP contribution in [0.2, 0.25) is 0 Å². The Balaban J connectivity index is 1.94. The molecule has 2 rings (SSSR count). The van der Waals surface area contributed by atoms with Gasteiger partial charge in [-0.15, -0.1) is 0 Å². The van der Waals surface area contributed by atoms with Crippen LogP contribution in [-0.4, -0.2) is 25.3 Å². The molecule has 0 spiro atoms. The summed E-state index contributed by atoms with van der Waals surface area (Å²) < 4.78 is 5.96. The normalized spacial score (nSPS) is 38.2. The van der Waals surface area contributed by atoms with Gasteiger partial charge in [-0.3, -0.25) is 0 Å². The quantitative estimate of drug-likeness (QED) is 0.754. The molecule has 2 aliphatic heterocycles. The first-order valence-electron chi connectivity index (χ1n) is 6.59. The molecule has 5 atom stereocenters. The summed E-state index contributed by atoms with van der Waals surface area (Å²) in [5.41, 5.74) is 0. The molecule has 5 unspecified atom stereocenters. The molecule has 2 bridgehead atoms. The third-order valence-electron chi connectivity index (χ3n) is 4.30. The molecule has 0 radical (unpaired) electrons. The van der Waals surface area contributed by atoms with Crippen molar-refractivity contribution in [3.05, 3.63) is 0 Å². The SMILES string of the molecule is CCCC(C)C(NC)C1CC2CCC1O2. The Morgan fingerprint density at radius 1 is 1.40 bits per heavy atom. The largest absolute Gasteiger partial charge is 0.375 e. The zero-order valence-electron chi connectivity index (χ0n) is 10.3. The van der Waals surface area contributed by atoms with Crippen molar-refractivity contribution in [2.75, 3.05) is 7.05 Å². The first-order valence-corrected chi connectivity index (χ1v) is 6.59. The van der Waals surface area contributed by atoms with Gasteiger partial charge in [-0.2, -0.15) is 0 Å². The van der Waals surface area contributed by atoms with Crippen LogP contribution in [0.3, 0.4) is 0 Å². The van der Waals surface area contributed by atoms with Gasteiger partial charge in [-0.25, -0.2) is 0 Å². The van der Waals surface area contributed by atoms with Crippen LogP contribution in [0.15, 0.2) is 0 Å². The first kappa shape index (κ1) is 11.4. The summed E-state index contributed by atoms with van der Waals surface area (Å²) in [7, 11) is 2.11. The fraction of sp³-hybridized carbons (Fsp3) is 1.00. The van der Waals surface area contributed by atoms with E-state index < -0.39 is 0 Å². The highest BCUT2D eigenvalue weighted by Crippen LogP contribution is 2.42. The van der Waals surface area contributed by atoms with Crippen LogP contribution in [0.4, 0.5) is 0 Å². The molecular weight excluding hydrogens is 186 g/mol. The Bertz CT molecular complexity index is 207. The third kappa shape index (κ3) is 2.21. The van der Waals surface area contributed by atoms with Gasteiger partial charge in [-0.05, 0) is 38.6 Å². The minimum atomic E-state index is 0.562. The minimum Gasteiger partial charge on any atom is -0.375 e. The second-order valence-corrected chi connectivity index (χ2v) is 5.35. The zero-order chi connectivity index (χ0) is 10.8. The van der Waals surface area contributed by atoms with E-state index in [2.05, 4.69) is 26.2 Å². The lowest BCUT2D eigenvalue weighted by molar-refractivity contribution is 0.0806. The maximum atomic E-state index is 5.96. The maximum absolute atomic E-state index is 5.96. The van der Waals surface area contributed by atoms with Gasteiger partial charge in [0.25, 0.3) is 0 Å². The molecule has 15 heavy (non-hydrogen) atoms. The van der Waals surface area contributed by atoms with E-state index in [0.29, 0.717) is 18.2 Å². The van der Waals surface area contributed by atoms with E-state index in [1.165, 1.54) is 32.1 Å². The Labute approximate surface area is 93.8 Å². The Kier molecular flexibility index (Phi) is 3.68. The molecule has 0 aromatic rings. The second-order valence-electron chi connectivity index (χ2n) is 5.35. The fourth-order valence-electron chi connectivity index (χ4n) is 3.61. The highest BCUT2D eigenvalue weighted by molar-refractivity contribution is 4.96. The summed E-state index contributed by atoms with van der Waals surface area (Å²) in [5.74, 6) is 1.56. The molecule has 2 nitrogen and oxygen atoms in total. The Morgan fingerprint density at radius 2 is 2.20 bits per heavy atom. The van der Waals surface area contributed by atoms with Crippen molar-refractivity contribution in [1.29, 1.82) is 0 Å². The molecule has 1 N–H and O–H groups in total. The van der Waals surface area contributed by atoms with Crippen LogP contribution < -0.4 is 5.32 Å². The van der Waals surface area contributed by atoms with Crippen LogP contribution in [0, 0.1) is 11.8 Å². The van der Waals surface area contributed by atoms with E-state index in [1.54, 1.807) is 0 Å². The molecular formula is C13H25NO. The van der Waals surface area contributed by atoms with Crippen molar-refractivity contribution in [3.8, 4) is 0 Å². The van der Waals surface area contributed by atoms with Crippen LogP contribution >= 0.6 is 0 Å². The number of rotatable bonds is 5. The van der Waals surface area contributed by atoms with Crippen molar-refractivity contribution < 1.29 is 4.74 Å². The summed E-state index contributed by atoms with van der Waals surface area (Å²) in [6.45, 7) is 4.66. The van der Waals surface area contributed by atoms with E-state index in [9.17, 15) is 0 Å². The lowest BCUT2D eigenvalue weighted by Crippen LogP contribution is -2.43. The lowest BCUT2D eigenvalue weighted by Gasteiger charge is -2.32. The van der Waals surface area contributed by atoms with Crippen molar-refractivity contribution in [3.63, 3.8) is 0 Å². The molecule has 2 fully saturated rings. The summed E-state index contributed by atoms with van der Waals surface area (Å²) >= 11 is 0. The standard InChI is InChI=1S/C13H25NO/c1-4-5-9(2)13(14-3)11-8-10-6-7-12(11)15-10/h9-14H,4-8H2,1-3H3. The van der Waals surface area contributed by atoms with E-state index >= 15 is 0 Å². The number of ether oxygens (including phenoxy) is 1. The van der Waals surface area contributed by atoms with Crippen molar-refractivity contribution in [2.45, 2.75) is 64.2 Å². The molecule has 2 saturated heterocycles. The average molecular weight is 211 g/mol. The molecule has 2 aliphatic rings. The minimum absolute atomic E-state index is 0.562. The van der Waals surface area contributed by atoms with E-state index in [1.807, 2.05) is 0 Å². The van der Waals surface area contributed by atoms with Crippen LogP contribution in [0.5, 0.6) is 0 Å². The zero-order valence-corrected chi connectivity index (χ0v) is 10.3. The molecule has 0 aliphatic carbocycles. The summed E-state index contributed by atoms with van der Waals surface area (Å²) in [6.07, 6.45) is 7.67. The van der Waals surface area contributed by atoms with Crippen molar-refractivity contribution in [1.82, 2.24) is 5.32 Å². The van der Waals surface area contributed by atoms with E-state index in [-0.39, 0.29) is 0 Å². The van der Waals surface area contributed by atoms with Gasteiger partial charge in [0.1, 0.15) is 0 Å². The molecule has 2 heterocycles. The summed E-state index contributed by atoms with van der Waals surface area (Å²) in [4.78, 5) is 0. The Hall–Kier alpha value is -0.0800. The average Bonchev–Trinajstić information content (AvgIpc) is 2.81. The van der Waals surface area contributed by atoms with Crippen LogP contribution in [-0.2, 0) is 4.74 Å². The van der Waals surface area contributed by atoms with Crippen LogP contribution in [0.1, 0.15) is 46.0 Å². The van der Waals surface area contributed by atoms with Gasteiger partial charge >= 0.3 is 0 Å². The predicted octanol–water partition coefficient (Wildman–Crippen LogP) is 2.58. The number of nitrogens with one attached hydrogen (secondary N) is 1. The van der Waals surface area contributed by atoms with Gasteiger partial charge in [0, 0.05) is 12.0 Å². The molecule has 0 amide bonds. The maximum Gasteiger partial charge on any atom is 0.0623 e. The monoisotopic (exact) mass is 211 g/mol. The summed E-state index contributed by atoms with van der Waals surface area (Å²) in [5, 5.41) is 3.53. The molecule has 88 valence electrons. The van der Waals surface area contributed by atoms with Gasteiger partial charge in [0.15, 0.2) is 0 Å². The smallest absolute Gasteiger partial charge is 0.0623 e. The lowest BCUT2D eigenvalue weighted by atomic mass is 9.78. The van der Waals surface area contributed by atoms with Crippen molar-refractivity contribution in [2.24, 2.45) is 11.8 Å². The molecule has 0 saturated carbocycles. The fourth-order valence-corrected chi connectivity index (χ4v) is 3.61. The van der Waals surface area contributed by atoms with Gasteiger partial charge in [-0.1, -0.05) is 20.3 Å².